The number of hydrogen-bond donors (Lipinski definition) is 1. The Kier molecular flexibility index (Phi) is 4.26. The maximum absolute atomic E-state index is 13.1. The highest BCUT2D eigenvalue weighted by molar-refractivity contribution is 9.10. The number of rotatable bonds is 3. The number of halogens is 3. The Balaban J connectivity index is 1.44. The molecule has 6 nitrogen and oxygen atoms in total. The lowest BCUT2D eigenvalue weighted by molar-refractivity contribution is -0.286. The van der Waals surface area contributed by atoms with Crippen LogP contribution in [0.15, 0.2) is 46.9 Å². The summed E-state index contributed by atoms with van der Waals surface area (Å²) in [7, 11) is 0. The largest absolute Gasteiger partial charge is 0.586 e. The van der Waals surface area contributed by atoms with Gasteiger partial charge in [0.15, 0.2) is 11.5 Å². The summed E-state index contributed by atoms with van der Waals surface area (Å²) in [5.74, 6) is -1.32. The maximum atomic E-state index is 13.1. The Hall–Kier alpha value is -2.68. The minimum absolute atomic E-state index is 0.0739. The molecule has 0 saturated carbocycles. The third-order valence-corrected chi connectivity index (χ3v) is 4.83. The second-order valence-corrected chi connectivity index (χ2v) is 7.12. The number of fused-ring (bicyclic) bond motifs is 1. The number of anilines is 2. The van der Waals surface area contributed by atoms with Crippen molar-refractivity contribution in [3.8, 4) is 11.5 Å². The Bertz CT molecular complexity index is 920. The van der Waals surface area contributed by atoms with Crippen LogP contribution in [0.1, 0.15) is 6.42 Å². The zero-order valence-corrected chi connectivity index (χ0v) is 15.3. The van der Waals surface area contributed by atoms with Crippen LogP contribution in [0.2, 0.25) is 0 Å². The van der Waals surface area contributed by atoms with Crippen LogP contribution in [0.3, 0.4) is 0 Å². The lowest BCUT2D eigenvalue weighted by atomic mass is 10.1. The van der Waals surface area contributed by atoms with E-state index in [1.807, 2.05) is 12.1 Å². The standard InChI is InChI=1S/C18H13BrF2N2O4/c19-11-1-4-13(5-2-11)23-9-10(7-16(23)24)17(25)22-12-3-6-14-15(8-12)27-18(20,21)26-14/h1-6,8,10H,7,9H2,(H,22,25). The summed E-state index contributed by atoms with van der Waals surface area (Å²) in [6.45, 7) is 0.245. The molecule has 1 atom stereocenters. The van der Waals surface area contributed by atoms with Gasteiger partial charge in [0.05, 0.1) is 5.92 Å². The Morgan fingerprint density at radius 3 is 2.59 bits per heavy atom. The van der Waals surface area contributed by atoms with Crippen LogP contribution in [0, 0.1) is 5.92 Å². The average molecular weight is 439 g/mol. The Morgan fingerprint density at radius 2 is 1.85 bits per heavy atom. The number of nitrogens with one attached hydrogen (secondary N) is 1. The molecule has 140 valence electrons. The molecule has 1 fully saturated rings. The molecule has 2 aromatic carbocycles. The molecule has 2 aromatic rings. The predicted molar refractivity (Wildman–Crippen MR) is 95.9 cm³/mol. The smallest absolute Gasteiger partial charge is 0.395 e. The predicted octanol–water partition coefficient (Wildman–Crippen LogP) is 3.76. The van der Waals surface area contributed by atoms with Crippen molar-refractivity contribution in [2.75, 3.05) is 16.8 Å². The fraction of sp³-hybridized carbons (Fsp3) is 0.222. The summed E-state index contributed by atoms with van der Waals surface area (Å²) in [6.07, 6.45) is -3.64. The number of nitrogens with zero attached hydrogens (tertiary/aromatic N) is 1. The van der Waals surface area contributed by atoms with E-state index in [1.54, 1.807) is 17.0 Å². The molecule has 2 aliphatic heterocycles. The van der Waals surface area contributed by atoms with Crippen LogP contribution < -0.4 is 19.7 Å². The Morgan fingerprint density at radius 1 is 1.15 bits per heavy atom. The number of benzene rings is 2. The van der Waals surface area contributed by atoms with Crippen molar-refractivity contribution < 1.29 is 27.8 Å². The molecule has 0 aliphatic carbocycles. The highest BCUT2D eigenvalue weighted by Gasteiger charge is 2.43. The maximum Gasteiger partial charge on any atom is 0.586 e. The first-order valence-electron chi connectivity index (χ1n) is 8.07. The van der Waals surface area contributed by atoms with Crippen LogP contribution in [-0.4, -0.2) is 24.7 Å². The number of alkyl halides is 2. The van der Waals surface area contributed by atoms with Gasteiger partial charge in [-0.1, -0.05) is 15.9 Å². The third kappa shape index (κ3) is 3.59. The molecule has 27 heavy (non-hydrogen) atoms. The van der Waals surface area contributed by atoms with E-state index in [0.29, 0.717) is 5.69 Å². The van der Waals surface area contributed by atoms with Crippen LogP contribution in [0.4, 0.5) is 20.2 Å². The highest BCUT2D eigenvalue weighted by Crippen LogP contribution is 2.42. The van der Waals surface area contributed by atoms with Gasteiger partial charge in [-0.2, -0.15) is 0 Å². The first-order chi connectivity index (χ1) is 12.8. The molecule has 0 spiro atoms. The molecule has 0 radical (unpaired) electrons. The number of ether oxygens (including phenoxy) is 2. The summed E-state index contributed by atoms with van der Waals surface area (Å²) >= 11 is 3.34. The summed E-state index contributed by atoms with van der Waals surface area (Å²) in [4.78, 5) is 26.3. The van der Waals surface area contributed by atoms with Crippen molar-refractivity contribution >= 4 is 39.1 Å². The van der Waals surface area contributed by atoms with Gasteiger partial charge in [-0.05, 0) is 36.4 Å². The third-order valence-electron chi connectivity index (χ3n) is 4.30. The molecule has 1 saturated heterocycles. The zero-order chi connectivity index (χ0) is 19.2. The molecule has 1 N–H and O–H groups in total. The number of carbonyl (C=O) groups is 2. The Labute approximate surface area is 161 Å². The van der Waals surface area contributed by atoms with Crippen LogP contribution in [0.25, 0.3) is 0 Å². The van der Waals surface area contributed by atoms with Crippen LogP contribution in [0.5, 0.6) is 11.5 Å². The fourth-order valence-electron chi connectivity index (χ4n) is 3.02. The van der Waals surface area contributed by atoms with Gasteiger partial charge in [0.1, 0.15) is 0 Å². The van der Waals surface area contributed by atoms with Crippen molar-refractivity contribution in [3.05, 3.63) is 46.9 Å². The van der Waals surface area contributed by atoms with Crippen LogP contribution in [-0.2, 0) is 9.59 Å². The van der Waals surface area contributed by atoms with Gasteiger partial charge < -0.3 is 19.7 Å². The summed E-state index contributed by atoms with van der Waals surface area (Å²) < 4.78 is 35.7. The molecule has 2 aliphatic rings. The molecule has 2 heterocycles. The first-order valence-corrected chi connectivity index (χ1v) is 8.87. The molecule has 1 unspecified atom stereocenters. The van der Waals surface area contributed by atoms with Gasteiger partial charge in [0.2, 0.25) is 11.8 Å². The average Bonchev–Trinajstić information content (AvgIpc) is 3.13. The van der Waals surface area contributed by atoms with Crippen molar-refractivity contribution in [2.45, 2.75) is 12.7 Å². The fourth-order valence-corrected chi connectivity index (χ4v) is 3.29. The van der Waals surface area contributed by atoms with E-state index in [9.17, 15) is 18.4 Å². The highest BCUT2D eigenvalue weighted by atomic mass is 79.9. The number of hydrogen-bond acceptors (Lipinski definition) is 4. The lowest BCUT2D eigenvalue weighted by Crippen LogP contribution is -2.28. The van der Waals surface area contributed by atoms with E-state index in [1.165, 1.54) is 18.2 Å². The molecular formula is C18H13BrF2N2O4. The minimum atomic E-state index is -3.71. The summed E-state index contributed by atoms with van der Waals surface area (Å²) in [5, 5.41) is 2.64. The molecule has 0 bridgehead atoms. The molecular weight excluding hydrogens is 426 g/mol. The first kappa shape index (κ1) is 17.7. The van der Waals surface area contributed by atoms with Gasteiger partial charge in [-0.25, -0.2) is 0 Å². The van der Waals surface area contributed by atoms with E-state index >= 15 is 0 Å². The molecule has 0 aromatic heterocycles. The van der Waals surface area contributed by atoms with E-state index in [4.69, 9.17) is 0 Å². The second-order valence-electron chi connectivity index (χ2n) is 6.20. The molecule has 2 amide bonds. The van der Waals surface area contributed by atoms with Crippen LogP contribution >= 0.6 is 15.9 Å². The second kappa shape index (κ2) is 6.49. The molecule has 4 rings (SSSR count). The van der Waals surface area contributed by atoms with E-state index in [2.05, 4.69) is 30.7 Å². The lowest BCUT2D eigenvalue weighted by Gasteiger charge is -2.16. The number of carbonyl (C=O) groups excluding carboxylic acids is 2. The topological polar surface area (TPSA) is 67.9 Å². The van der Waals surface area contributed by atoms with Crippen molar-refractivity contribution in [1.29, 1.82) is 0 Å². The number of amides is 2. The van der Waals surface area contributed by atoms with E-state index in [0.717, 1.165) is 4.47 Å². The van der Waals surface area contributed by atoms with Crippen molar-refractivity contribution in [1.82, 2.24) is 0 Å². The normalized spacial score (nSPS) is 20.0. The SMILES string of the molecule is O=C(Nc1ccc2c(c1)OC(F)(F)O2)C1CC(=O)N(c2ccc(Br)cc2)C1. The van der Waals surface area contributed by atoms with Gasteiger partial charge in [0.25, 0.3) is 0 Å². The van der Waals surface area contributed by atoms with Crippen molar-refractivity contribution in [2.24, 2.45) is 5.92 Å². The molecule has 9 heteroatoms. The van der Waals surface area contributed by atoms with Gasteiger partial charge in [0, 0.05) is 34.9 Å². The monoisotopic (exact) mass is 438 g/mol. The summed E-state index contributed by atoms with van der Waals surface area (Å²) in [5.41, 5.74) is 0.999. The van der Waals surface area contributed by atoms with Crippen molar-refractivity contribution in [3.63, 3.8) is 0 Å². The van der Waals surface area contributed by atoms with E-state index in [-0.39, 0.29) is 42.0 Å². The van der Waals surface area contributed by atoms with Gasteiger partial charge in [-0.3, -0.25) is 9.59 Å². The quantitative estimate of drug-likeness (QED) is 0.791. The van der Waals surface area contributed by atoms with Gasteiger partial charge in [-0.15, -0.1) is 8.78 Å². The zero-order valence-electron chi connectivity index (χ0n) is 13.7. The summed E-state index contributed by atoms with van der Waals surface area (Å²) in [6, 6.07) is 11.2. The minimum Gasteiger partial charge on any atom is -0.395 e. The van der Waals surface area contributed by atoms with E-state index < -0.39 is 12.2 Å². The van der Waals surface area contributed by atoms with Gasteiger partial charge >= 0.3 is 6.29 Å².